The van der Waals surface area contributed by atoms with Gasteiger partial charge in [0.05, 0.1) is 6.61 Å². The molecule has 0 aliphatic heterocycles. The van der Waals surface area contributed by atoms with Crippen molar-refractivity contribution in [2.45, 2.75) is 6.54 Å². The van der Waals surface area contributed by atoms with Gasteiger partial charge in [0.2, 0.25) is 0 Å². The number of nitrogens with one attached hydrogen (secondary N) is 1. The Bertz CT molecular complexity index is 395. The van der Waals surface area contributed by atoms with E-state index in [9.17, 15) is 4.79 Å². The molecule has 0 aromatic carbocycles. The van der Waals surface area contributed by atoms with Crippen LogP contribution in [0.4, 0.5) is 10.6 Å². The zero-order valence-electron chi connectivity index (χ0n) is 11.1. The molecule has 0 atom stereocenters. The fourth-order valence-corrected chi connectivity index (χ4v) is 1.38. The predicted molar refractivity (Wildman–Crippen MR) is 70.5 cm³/mol. The molecule has 0 bridgehead atoms. The first-order valence-electron chi connectivity index (χ1n) is 5.76. The van der Waals surface area contributed by atoms with Gasteiger partial charge < -0.3 is 20.2 Å². The highest BCUT2D eigenvalue weighted by Gasteiger charge is 2.07. The molecule has 6 nitrogen and oxygen atoms in total. The van der Waals surface area contributed by atoms with Gasteiger partial charge in [-0.3, -0.25) is 0 Å². The van der Waals surface area contributed by atoms with Crippen LogP contribution in [-0.2, 0) is 6.54 Å². The Morgan fingerprint density at radius 2 is 2.17 bits per heavy atom. The Morgan fingerprint density at radius 1 is 1.44 bits per heavy atom. The molecule has 18 heavy (non-hydrogen) atoms. The lowest BCUT2D eigenvalue weighted by atomic mass is 10.2. The van der Waals surface area contributed by atoms with Crippen molar-refractivity contribution < 1.29 is 9.90 Å². The second kappa shape index (κ2) is 6.80. The molecule has 0 saturated heterocycles. The van der Waals surface area contributed by atoms with E-state index >= 15 is 0 Å². The van der Waals surface area contributed by atoms with Gasteiger partial charge >= 0.3 is 6.03 Å². The second-order valence-electron chi connectivity index (χ2n) is 4.22. The molecule has 1 heterocycles. The van der Waals surface area contributed by atoms with Crippen molar-refractivity contribution >= 4 is 11.8 Å². The first-order valence-corrected chi connectivity index (χ1v) is 5.76. The van der Waals surface area contributed by atoms with Crippen molar-refractivity contribution in [3.05, 3.63) is 23.9 Å². The highest BCUT2D eigenvalue weighted by Crippen LogP contribution is 2.09. The summed E-state index contributed by atoms with van der Waals surface area (Å²) in [7, 11) is 5.47. The fraction of sp³-hybridized carbons (Fsp3) is 0.500. The van der Waals surface area contributed by atoms with Crippen molar-refractivity contribution in [1.29, 1.82) is 0 Å². The van der Waals surface area contributed by atoms with Gasteiger partial charge in [-0.05, 0) is 17.7 Å². The van der Waals surface area contributed by atoms with Crippen molar-refractivity contribution in [3.8, 4) is 0 Å². The Kier molecular flexibility index (Phi) is 5.38. The van der Waals surface area contributed by atoms with E-state index in [-0.39, 0.29) is 12.6 Å². The lowest BCUT2D eigenvalue weighted by Crippen LogP contribution is -2.38. The monoisotopic (exact) mass is 252 g/mol. The lowest BCUT2D eigenvalue weighted by molar-refractivity contribution is 0.190. The number of amides is 2. The zero-order chi connectivity index (χ0) is 13.5. The third-order valence-corrected chi connectivity index (χ3v) is 2.49. The van der Waals surface area contributed by atoms with Gasteiger partial charge in [0.15, 0.2) is 0 Å². The standard InChI is InChI=1S/C12H20N4O2/c1-15(2)11-8-10(4-5-13-11)9-14-12(18)16(3)6-7-17/h4-5,8,17H,6-7,9H2,1-3H3,(H,14,18). The average Bonchev–Trinajstić information content (AvgIpc) is 2.36. The Balaban J connectivity index is 2.53. The van der Waals surface area contributed by atoms with Crippen LogP contribution >= 0.6 is 0 Å². The van der Waals surface area contributed by atoms with Gasteiger partial charge in [0, 0.05) is 40.4 Å². The van der Waals surface area contributed by atoms with Crippen LogP contribution in [0.1, 0.15) is 5.56 Å². The molecular formula is C12H20N4O2. The number of aliphatic hydroxyl groups is 1. The van der Waals surface area contributed by atoms with Crippen LogP contribution in [0.2, 0.25) is 0 Å². The lowest BCUT2D eigenvalue weighted by Gasteiger charge is -2.17. The van der Waals surface area contributed by atoms with Crippen LogP contribution in [0.25, 0.3) is 0 Å². The van der Waals surface area contributed by atoms with Crippen LogP contribution in [0.5, 0.6) is 0 Å². The van der Waals surface area contributed by atoms with Crippen molar-refractivity contribution in [2.24, 2.45) is 0 Å². The number of aromatic nitrogens is 1. The number of anilines is 1. The quantitative estimate of drug-likeness (QED) is 0.790. The minimum atomic E-state index is -0.202. The summed E-state index contributed by atoms with van der Waals surface area (Å²) in [6.07, 6.45) is 1.72. The SMILES string of the molecule is CN(CCO)C(=O)NCc1ccnc(N(C)C)c1. The molecule has 1 aromatic rings. The molecule has 1 aromatic heterocycles. The predicted octanol–water partition coefficient (Wildman–Crippen LogP) is 0.281. The minimum absolute atomic E-state index is 0.0377. The topological polar surface area (TPSA) is 68.7 Å². The zero-order valence-corrected chi connectivity index (χ0v) is 11.1. The van der Waals surface area contributed by atoms with Crippen molar-refractivity contribution in [2.75, 3.05) is 39.2 Å². The molecule has 1 rings (SSSR count). The van der Waals surface area contributed by atoms with Gasteiger partial charge in [-0.15, -0.1) is 0 Å². The van der Waals surface area contributed by atoms with Gasteiger partial charge in [-0.1, -0.05) is 0 Å². The maximum absolute atomic E-state index is 11.6. The number of likely N-dealkylation sites (N-methyl/N-ethyl adjacent to an activating group) is 1. The van der Waals surface area contributed by atoms with E-state index in [4.69, 9.17) is 5.11 Å². The Morgan fingerprint density at radius 3 is 2.78 bits per heavy atom. The number of hydrogen-bond donors (Lipinski definition) is 2. The van der Waals surface area contributed by atoms with E-state index in [1.54, 1.807) is 13.2 Å². The van der Waals surface area contributed by atoms with E-state index in [0.29, 0.717) is 13.1 Å². The molecule has 0 fully saturated rings. The number of pyridine rings is 1. The largest absolute Gasteiger partial charge is 0.395 e. The summed E-state index contributed by atoms with van der Waals surface area (Å²) in [6.45, 7) is 0.729. The van der Waals surface area contributed by atoms with E-state index in [0.717, 1.165) is 11.4 Å². The maximum atomic E-state index is 11.6. The summed E-state index contributed by atoms with van der Waals surface area (Å²) in [5, 5.41) is 11.5. The molecule has 6 heteroatoms. The molecule has 0 saturated carbocycles. The molecule has 0 radical (unpaired) electrons. The van der Waals surface area contributed by atoms with Crippen LogP contribution in [0.15, 0.2) is 18.3 Å². The van der Waals surface area contributed by atoms with Crippen molar-refractivity contribution in [1.82, 2.24) is 15.2 Å². The van der Waals surface area contributed by atoms with Gasteiger partial charge in [-0.25, -0.2) is 9.78 Å². The summed E-state index contributed by atoms with van der Waals surface area (Å²) >= 11 is 0. The van der Waals surface area contributed by atoms with E-state index in [1.165, 1.54) is 4.90 Å². The van der Waals surface area contributed by atoms with Crippen LogP contribution in [0.3, 0.4) is 0 Å². The van der Waals surface area contributed by atoms with E-state index < -0.39 is 0 Å². The molecular weight excluding hydrogens is 232 g/mol. The molecule has 0 aliphatic rings. The first-order chi connectivity index (χ1) is 8.54. The summed E-state index contributed by atoms with van der Waals surface area (Å²) in [6, 6.07) is 3.58. The Hall–Kier alpha value is -1.82. The van der Waals surface area contributed by atoms with Crippen LogP contribution < -0.4 is 10.2 Å². The summed E-state index contributed by atoms with van der Waals surface area (Å²) < 4.78 is 0. The molecule has 0 aliphatic carbocycles. The van der Waals surface area contributed by atoms with Gasteiger partial charge in [-0.2, -0.15) is 0 Å². The van der Waals surface area contributed by atoms with Crippen LogP contribution in [0, 0.1) is 0 Å². The molecule has 0 spiro atoms. The van der Waals surface area contributed by atoms with E-state index in [1.807, 2.05) is 31.1 Å². The number of carbonyl (C=O) groups is 1. The number of rotatable bonds is 5. The molecule has 100 valence electrons. The van der Waals surface area contributed by atoms with Gasteiger partial charge in [0.1, 0.15) is 5.82 Å². The van der Waals surface area contributed by atoms with Gasteiger partial charge in [0.25, 0.3) is 0 Å². The summed E-state index contributed by atoms with van der Waals surface area (Å²) in [5.41, 5.74) is 0.986. The highest BCUT2D eigenvalue weighted by molar-refractivity contribution is 5.73. The smallest absolute Gasteiger partial charge is 0.317 e. The van der Waals surface area contributed by atoms with Crippen molar-refractivity contribution in [3.63, 3.8) is 0 Å². The highest BCUT2D eigenvalue weighted by atomic mass is 16.3. The summed E-state index contributed by atoms with van der Waals surface area (Å²) in [5.74, 6) is 0.852. The molecule has 2 amide bonds. The minimum Gasteiger partial charge on any atom is -0.395 e. The molecule has 2 N–H and O–H groups in total. The third-order valence-electron chi connectivity index (χ3n) is 2.49. The third kappa shape index (κ3) is 4.21. The number of aliphatic hydroxyl groups excluding tert-OH is 1. The summed E-state index contributed by atoms with van der Waals surface area (Å²) in [4.78, 5) is 19.1. The average molecular weight is 252 g/mol. The number of nitrogens with zero attached hydrogens (tertiary/aromatic N) is 3. The normalized spacial score (nSPS) is 10.0. The fourth-order valence-electron chi connectivity index (χ4n) is 1.38. The Labute approximate surface area is 107 Å². The molecule has 0 unspecified atom stereocenters. The van der Waals surface area contributed by atoms with E-state index in [2.05, 4.69) is 10.3 Å². The second-order valence-corrected chi connectivity index (χ2v) is 4.22. The number of hydrogen-bond acceptors (Lipinski definition) is 4. The first kappa shape index (κ1) is 14.2. The number of urea groups is 1. The number of carbonyl (C=O) groups excluding carboxylic acids is 1. The maximum Gasteiger partial charge on any atom is 0.317 e. The van der Waals surface area contributed by atoms with Crippen LogP contribution in [-0.4, -0.2) is 55.3 Å².